The van der Waals surface area contributed by atoms with E-state index < -0.39 is 18.1 Å². The van der Waals surface area contributed by atoms with Gasteiger partial charge in [0.2, 0.25) is 0 Å². The molecule has 0 saturated heterocycles. The lowest BCUT2D eigenvalue weighted by Gasteiger charge is -2.18. The van der Waals surface area contributed by atoms with Crippen molar-refractivity contribution < 1.29 is 19.1 Å². The largest absolute Gasteiger partial charge is 0.460 e. The Bertz CT molecular complexity index is 1490. The Balaban J connectivity index is 1.30. The minimum Gasteiger partial charge on any atom is -0.460 e. The van der Waals surface area contributed by atoms with Crippen LogP contribution in [0.5, 0.6) is 0 Å². The molecule has 1 aliphatic rings. The third-order valence-electron chi connectivity index (χ3n) is 6.57. The summed E-state index contributed by atoms with van der Waals surface area (Å²) in [5.74, 6) is -0.670. The zero-order chi connectivity index (χ0) is 27.4. The van der Waals surface area contributed by atoms with Crippen LogP contribution in [0.15, 0.2) is 85.5 Å². The fourth-order valence-electron chi connectivity index (χ4n) is 4.83. The Morgan fingerprint density at radius 1 is 1.05 bits per heavy atom. The number of amides is 1. The average Bonchev–Trinajstić information content (AvgIpc) is 3.47. The molecule has 3 aromatic carbocycles. The summed E-state index contributed by atoms with van der Waals surface area (Å²) >= 11 is 7.62. The Kier molecular flexibility index (Phi) is 8.10. The Morgan fingerprint density at radius 2 is 1.74 bits per heavy atom. The van der Waals surface area contributed by atoms with E-state index in [2.05, 4.69) is 41.1 Å². The highest BCUT2D eigenvalue weighted by atomic mass is 35.5. The lowest BCUT2D eigenvalue weighted by atomic mass is 9.98. The van der Waals surface area contributed by atoms with Gasteiger partial charge in [-0.05, 0) is 46.9 Å². The molecule has 39 heavy (non-hydrogen) atoms. The minimum absolute atomic E-state index is 0.0341. The fourth-order valence-corrected chi connectivity index (χ4v) is 6.13. The van der Waals surface area contributed by atoms with Gasteiger partial charge in [0.15, 0.2) is 0 Å². The molecule has 0 unspecified atom stereocenters. The van der Waals surface area contributed by atoms with E-state index in [0.717, 1.165) is 38.4 Å². The predicted molar refractivity (Wildman–Crippen MR) is 154 cm³/mol. The van der Waals surface area contributed by atoms with Crippen molar-refractivity contribution >= 4 is 35.0 Å². The van der Waals surface area contributed by atoms with Crippen molar-refractivity contribution in [2.24, 2.45) is 0 Å². The number of alkyl carbamates (subject to hydrolysis) is 1. The summed E-state index contributed by atoms with van der Waals surface area (Å²) in [4.78, 5) is 31.4. The standard InChI is InChI=1S/C31H27ClN2O4S/c1-3-15-37-30(35)27(17-28-33-19(2)29(39-28)20-9-8-10-21(32)16-20)34-31(36)38-18-26-24-13-6-4-11-22(24)23-12-5-7-14-25(23)26/h3-14,16,26-27H,1,15,17-18H2,2H3,(H,34,36)/t27-/m0/s1. The van der Waals surface area contributed by atoms with Crippen LogP contribution >= 0.6 is 22.9 Å². The van der Waals surface area contributed by atoms with E-state index in [1.807, 2.05) is 55.5 Å². The molecule has 0 aliphatic heterocycles. The van der Waals surface area contributed by atoms with Gasteiger partial charge in [0.05, 0.1) is 15.6 Å². The lowest BCUT2D eigenvalue weighted by Crippen LogP contribution is -2.44. The number of esters is 1. The molecule has 1 N–H and O–H groups in total. The lowest BCUT2D eigenvalue weighted by molar-refractivity contribution is -0.144. The maximum atomic E-state index is 12.9. The first-order valence-corrected chi connectivity index (χ1v) is 13.8. The summed E-state index contributed by atoms with van der Waals surface area (Å²) in [6.07, 6.45) is 0.944. The normalized spacial score (nSPS) is 12.8. The second-order valence-corrected chi connectivity index (χ2v) is 10.7. The van der Waals surface area contributed by atoms with E-state index in [1.54, 1.807) is 0 Å². The summed E-state index contributed by atoms with van der Waals surface area (Å²) in [5.41, 5.74) is 6.27. The summed E-state index contributed by atoms with van der Waals surface area (Å²) < 4.78 is 10.9. The number of carbonyl (C=O) groups is 2. The zero-order valence-electron chi connectivity index (χ0n) is 21.4. The minimum atomic E-state index is -0.974. The van der Waals surface area contributed by atoms with E-state index in [9.17, 15) is 9.59 Å². The predicted octanol–water partition coefficient (Wildman–Crippen LogP) is 6.95. The summed E-state index contributed by atoms with van der Waals surface area (Å²) in [6.45, 7) is 5.67. The molecule has 1 aliphatic carbocycles. The SMILES string of the molecule is C=CCOC(=O)[C@H](Cc1nc(C)c(-c2cccc(Cl)c2)s1)NC(=O)OCC1c2ccccc2-c2ccccc21. The van der Waals surface area contributed by atoms with Gasteiger partial charge in [-0.3, -0.25) is 0 Å². The number of rotatable bonds is 9. The van der Waals surface area contributed by atoms with E-state index >= 15 is 0 Å². The monoisotopic (exact) mass is 558 g/mol. The molecule has 0 fully saturated rings. The second-order valence-electron chi connectivity index (χ2n) is 9.18. The van der Waals surface area contributed by atoms with Crippen molar-refractivity contribution in [2.45, 2.75) is 25.3 Å². The molecule has 5 rings (SSSR count). The van der Waals surface area contributed by atoms with Gasteiger partial charge in [-0.2, -0.15) is 0 Å². The van der Waals surface area contributed by atoms with Gasteiger partial charge in [0.25, 0.3) is 0 Å². The van der Waals surface area contributed by atoms with Gasteiger partial charge in [-0.25, -0.2) is 14.6 Å². The van der Waals surface area contributed by atoms with Crippen molar-refractivity contribution in [1.29, 1.82) is 0 Å². The number of carbonyl (C=O) groups excluding carboxylic acids is 2. The molecule has 8 heteroatoms. The second kappa shape index (κ2) is 11.8. The first-order chi connectivity index (χ1) is 18.9. The zero-order valence-corrected chi connectivity index (χ0v) is 22.9. The van der Waals surface area contributed by atoms with Crippen molar-refractivity contribution in [3.63, 3.8) is 0 Å². The molecule has 0 bridgehead atoms. The number of hydrogen-bond acceptors (Lipinski definition) is 6. The maximum Gasteiger partial charge on any atom is 0.407 e. The van der Waals surface area contributed by atoms with E-state index in [4.69, 9.17) is 21.1 Å². The van der Waals surface area contributed by atoms with Gasteiger partial charge in [-0.15, -0.1) is 11.3 Å². The molecule has 1 atom stereocenters. The van der Waals surface area contributed by atoms with Crippen LogP contribution in [0.4, 0.5) is 4.79 Å². The van der Waals surface area contributed by atoms with Gasteiger partial charge >= 0.3 is 12.1 Å². The molecule has 0 spiro atoms. The molecular weight excluding hydrogens is 532 g/mol. The van der Waals surface area contributed by atoms with Gasteiger partial charge in [-0.1, -0.05) is 84.9 Å². The topological polar surface area (TPSA) is 77.5 Å². The number of hydrogen-bond donors (Lipinski definition) is 1. The molecule has 6 nitrogen and oxygen atoms in total. The maximum absolute atomic E-state index is 12.9. The average molecular weight is 559 g/mol. The van der Waals surface area contributed by atoms with Gasteiger partial charge in [0.1, 0.15) is 19.3 Å². The molecule has 0 radical (unpaired) electrons. The summed E-state index contributed by atoms with van der Waals surface area (Å²) in [6, 6.07) is 22.8. The first kappa shape index (κ1) is 26.7. The smallest absolute Gasteiger partial charge is 0.407 e. The highest BCUT2D eigenvalue weighted by Gasteiger charge is 2.30. The van der Waals surface area contributed by atoms with E-state index in [0.29, 0.717) is 10.0 Å². The number of nitrogens with zero attached hydrogens (tertiary/aromatic N) is 1. The highest BCUT2D eigenvalue weighted by Crippen LogP contribution is 2.44. The van der Waals surface area contributed by atoms with Crippen LogP contribution in [0, 0.1) is 6.92 Å². The molecule has 1 heterocycles. The van der Waals surface area contributed by atoms with Crippen LogP contribution < -0.4 is 5.32 Å². The van der Waals surface area contributed by atoms with Crippen LogP contribution in [0.1, 0.15) is 27.7 Å². The Hall–Kier alpha value is -3.94. The van der Waals surface area contributed by atoms with Crippen LogP contribution in [0.25, 0.3) is 21.6 Å². The number of aromatic nitrogens is 1. The third kappa shape index (κ3) is 5.90. The number of benzene rings is 3. The summed E-state index contributed by atoms with van der Waals surface area (Å²) in [5, 5.41) is 4.01. The van der Waals surface area contributed by atoms with E-state index in [1.165, 1.54) is 17.4 Å². The van der Waals surface area contributed by atoms with Crippen molar-refractivity contribution in [3.8, 4) is 21.6 Å². The van der Waals surface area contributed by atoms with Crippen molar-refractivity contribution in [3.05, 3.63) is 112 Å². The fraction of sp³-hybridized carbons (Fsp3) is 0.194. The molecule has 1 amide bonds. The Labute approximate surface area is 236 Å². The van der Waals surface area contributed by atoms with Crippen molar-refractivity contribution in [2.75, 3.05) is 13.2 Å². The number of ether oxygens (including phenoxy) is 2. The number of aryl methyl sites for hydroxylation is 1. The quantitative estimate of drug-likeness (QED) is 0.178. The van der Waals surface area contributed by atoms with Gasteiger partial charge in [0, 0.05) is 17.4 Å². The van der Waals surface area contributed by atoms with Gasteiger partial charge < -0.3 is 14.8 Å². The van der Waals surface area contributed by atoms with Crippen LogP contribution in [-0.2, 0) is 20.7 Å². The number of fused-ring (bicyclic) bond motifs is 3. The van der Waals surface area contributed by atoms with Crippen LogP contribution in [0.3, 0.4) is 0 Å². The molecule has 198 valence electrons. The highest BCUT2D eigenvalue weighted by molar-refractivity contribution is 7.15. The molecule has 1 aromatic heterocycles. The van der Waals surface area contributed by atoms with Crippen LogP contribution in [-0.4, -0.2) is 36.3 Å². The summed E-state index contributed by atoms with van der Waals surface area (Å²) in [7, 11) is 0. The number of thiazole rings is 1. The Morgan fingerprint density at radius 3 is 2.41 bits per heavy atom. The molecule has 0 saturated carbocycles. The molecular formula is C31H27ClN2O4S. The van der Waals surface area contributed by atoms with Crippen molar-refractivity contribution in [1.82, 2.24) is 10.3 Å². The first-order valence-electron chi connectivity index (χ1n) is 12.6. The van der Waals surface area contributed by atoms with E-state index in [-0.39, 0.29) is 25.6 Å². The third-order valence-corrected chi connectivity index (χ3v) is 8.03. The number of nitrogens with one attached hydrogen (secondary N) is 1. The number of halogens is 1. The molecule has 4 aromatic rings. The van der Waals surface area contributed by atoms with Crippen LogP contribution in [0.2, 0.25) is 5.02 Å².